The van der Waals surface area contributed by atoms with Crippen molar-refractivity contribution in [3.8, 4) is 11.5 Å². The van der Waals surface area contributed by atoms with Gasteiger partial charge in [-0.2, -0.15) is 0 Å². The van der Waals surface area contributed by atoms with Crippen LogP contribution in [0.1, 0.15) is 22.3 Å². The summed E-state index contributed by atoms with van der Waals surface area (Å²) in [7, 11) is 0. The first-order valence-electron chi connectivity index (χ1n) is 9.06. The maximum Gasteiger partial charge on any atom is 0.238 e. The Morgan fingerprint density at radius 1 is 1.00 bits per heavy atom. The van der Waals surface area contributed by atoms with Crippen LogP contribution in [0.15, 0.2) is 60.7 Å². The molecular formula is C22H19N3O3. The van der Waals surface area contributed by atoms with Gasteiger partial charge in [0.2, 0.25) is 5.91 Å². The number of amides is 1. The number of nitrogens with one attached hydrogen (secondary N) is 1. The third kappa shape index (κ3) is 2.32. The molecule has 2 aliphatic heterocycles. The molecule has 0 saturated carbocycles. The van der Waals surface area contributed by atoms with Crippen LogP contribution in [0.2, 0.25) is 0 Å². The Balaban J connectivity index is 1.74. The van der Waals surface area contributed by atoms with E-state index in [2.05, 4.69) is 17.4 Å². The first-order valence-corrected chi connectivity index (χ1v) is 9.06. The third-order valence-corrected chi connectivity index (χ3v) is 5.28. The van der Waals surface area contributed by atoms with E-state index in [1.54, 1.807) is 12.1 Å². The molecule has 3 aromatic rings. The molecule has 0 radical (unpaired) electrons. The van der Waals surface area contributed by atoms with E-state index >= 15 is 0 Å². The van der Waals surface area contributed by atoms with Gasteiger partial charge in [-0.1, -0.05) is 24.3 Å². The molecule has 1 spiro atoms. The SMILES string of the molecule is NCC(=O)Nc1ccc2c(c1)Oc1cc(N)ccc1C21OCc2ccccc21. The lowest BCUT2D eigenvalue weighted by Crippen LogP contribution is -2.32. The van der Waals surface area contributed by atoms with Crippen molar-refractivity contribution in [2.24, 2.45) is 5.73 Å². The van der Waals surface area contributed by atoms with Gasteiger partial charge in [0.05, 0.1) is 13.2 Å². The van der Waals surface area contributed by atoms with Crippen LogP contribution in [0.3, 0.4) is 0 Å². The van der Waals surface area contributed by atoms with Crippen LogP contribution >= 0.6 is 0 Å². The number of nitrogens with two attached hydrogens (primary N) is 2. The van der Waals surface area contributed by atoms with Gasteiger partial charge >= 0.3 is 0 Å². The molecular weight excluding hydrogens is 354 g/mol. The second-order valence-corrected chi connectivity index (χ2v) is 6.95. The minimum Gasteiger partial charge on any atom is -0.456 e. The Labute approximate surface area is 162 Å². The van der Waals surface area contributed by atoms with Crippen LogP contribution in [0, 0.1) is 0 Å². The summed E-state index contributed by atoms with van der Waals surface area (Å²) in [5, 5.41) is 2.77. The molecule has 1 atom stereocenters. The lowest BCUT2D eigenvalue weighted by atomic mass is 9.77. The zero-order chi connectivity index (χ0) is 19.3. The number of anilines is 2. The van der Waals surface area contributed by atoms with E-state index in [1.165, 1.54) is 0 Å². The van der Waals surface area contributed by atoms with Gasteiger partial charge in [-0.15, -0.1) is 0 Å². The molecule has 2 aliphatic rings. The Bertz CT molecular complexity index is 1110. The van der Waals surface area contributed by atoms with E-state index in [4.69, 9.17) is 20.9 Å². The number of nitrogen functional groups attached to an aromatic ring is 1. The lowest BCUT2D eigenvalue weighted by molar-refractivity contribution is -0.114. The average Bonchev–Trinajstić information content (AvgIpc) is 3.08. The maximum atomic E-state index is 11.7. The van der Waals surface area contributed by atoms with E-state index in [9.17, 15) is 4.79 Å². The number of carbonyl (C=O) groups is 1. The monoisotopic (exact) mass is 373 g/mol. The standard InChI is InChI=1S/C22H19N3O3/c23-11-21(26)25-15-6-8-18-20(10-15)28-19-9-14(24)5-7-17(19)22(18)16-4-2-1-3-13(16)12-27-22/h1-10H,11-12,23-24H2,(H,25,26). The summed E-state index contributed by atoms with van der Waals surface area (Å²) < 4.78 is 12.6. The molecule has 6 nitrogen and oxygen atoms in total. The molecule has 0 aliphatic carbocycles. The van der Waals surface area contributed by atoms with Gasteiger partial charge in [-0.05, 0) is 35.4 Å². The van der Waals surface area contributed by atoms with E-state index in [1.807, 2.05) is 36.4 Å². The van der Waals surface area contributed by atoms with Crippen molar-refractivity contribution in [2.75, 3.05) is 17.6 Å². The van der Waals surface area contributed by atoms with Crippen LogP contribution in [-0.4, -0.2) is 12.5 Å². The molecule has 140 valence electrons. The van der Waals surface area contributed by atoms with Gasteiger partial charge in [-0.25, -0.2) is 0 Å². The van der Waals surface area contributed by atoms with Gasteiger partial charge in [0, 0.05) is 34.6 Å². The van der Waals surface area contributed by atoms with Crippen molar-refractivity contribution in [1.82, 2.24) is 0 Å². The average molecular weight is 373 g/mol. The molecule has 2 heterocycles. The van der Waals surface area contributed by atoms with Crippen LogP contribution in [0.4, 0.5) is 11.4 Å². The summed E-state index contributed by atoms with van der Waals surface area (Å²) in [5.41, 5.74) is 15.9. The predicted molar refractivity (Wildman–Crippen MR) is 106 cm³/mol. The molecule has 0 fully saturated rings. The van der Waals surface area contributed by atoms with E-state index in [0.717, 1.165) is 22.3 Å². The van der Waals surface area contributed by atoms with Crippen molar-refractivity contribution >= 4 is 17.3 Å². The van der Waals surface area contributed by atoms with Gasteiger partial charge in [0.1, 0.15) is 11.5 Å². The first kappa shape index (κ1) is 16.8. The summed E-state index contributed by atoms with van der Waals surface area (Å²) in [6.07, 6.45) is 0. The number of fused-ring (bicyclic) bond motifs is 6. The molecule has 0 saturated heterocycles. The van der Waals surface area contributed by atoms with Crippen molar-refractivity contribution in [2.45, 2.75) is 12.2 Å². The predicted octanol–water partition coefficient (Wildman–Crippen LogP) is 3.09. The topological polar surface area (TPSA) is 99.6 Å². The fourth-order valence-corrected chi connectivity index (χ4v) is 4.06. The van der Waals surface area contributed by atoms with Crippen LogP contribution in [0.25, 0.3) is 0 Å². The van der Waals surface area contributed by atoms with Crippen molar-refractivity contribution < 1.29 is 14.3 Å². The second kappa shape index (κ2) is 6.09. The van der Waals surface area contributed by atoms with Gasteiger partial charge in [0.15, 0.2) is 5.60 Å². The number of hydrogen-bond donors (Lipinski definition) is 3. The van der Waals surface area contributed by atoms with Crippen LogP contribution in [-0.2, 0) is 21.7 Å². The van der Waals surface area contributed by atoms with Crippen molar-refractivity contribution in [3.63, 3.8) is 0 Å². The van der Waals surface area contributed by atoms with E-state index in [0.29, 0.717) is 29.5 Å². The van der Waals surface area contributed by atoms with Crippen LogP contribution < -0.4 is 21.5 Å². The molecule has 0 aromatic heterocycles. The maximum absolute atomic E-state index is 11.7. The highest BCUT2D eigenvalue weighted by Crippen LogP contribution is 2.56. The fraction of sp³-hybridized carbons (Fsp3) is 0.136. The van der Waals surface area contributed by atoms with Crippen molar-refractivity contribution in [1.29, 1.82) is 0 Å². The number of hydrogen-bond acceptors (Lipinski definition) is 5. The smallest absolute Gasteiger partial charge is 0.238 e. The van der Waals surface area contributed by atoms with Gasteiger partial charge in [-0.3, -0.25) is 4.79 Å². The second-order valence-electron chi connectivity index (χ2n) is 6.95. The quantitative estimate of drug-likeness (QED) is 0.600. The fourth-order valence-electron chi connectivity index (χ4n) is 4.06. The lowest BCUT2D eigenvalue weighted by Gasteiger charge is -2.37. The normalized spacial score (nSPS) is 18.8. The Hall–Kier alpha value is -3.35. The van der Waals surface area contributed by atoms with Gasteiger partial charge in [0.25, 0.3) is 0 Å². The van der Waals surface area contributed by atoms with Crippen molar-refractivity contribution in [3.05, 3.63) is 82.9 Å². The molecule has 1 unspecified atom stereocenters. The number of carbonyl (C=O) groups excluding carboxylic acids is 1. The minimum atomic E-state index is -0.774. The number of ether oxygens (including phenoxy) is 2. The van der Waals surface area contributed by atoms with E-state index in [-0.39, 0.29) is 12.5 Å². The Morgan fingerprint density at radius 3 is 2.57 bits per heavy atom. The summed E-state index contributed by atoms with van der Waals surface area (Å²) in [5.74, 6) is 0.994. The number of benzene rings is 3. The summed E-state index contributed by atoms with van der Waals surface area (Å²) in [4.78, 5) is 11.7. The zero-order valence-electron chi connectivity index (χ0n) is 15.1. The Morgan fingerprint density at radius 2 is 1.75 bits per heavy atom. The molecule has 1 amide bonds. The molecule has 28 heavy (non-hydrogen) atoms. The largest absolute Gasteiger partial charge is 0.456 e. The highest BCUT2D eigenvalue weighted by atomic mass is 16.5. The van der Waals surface area contributed by atoms with Gasteiger partial charge < -0.3 is 26.3 Å². The summed E-state index contributed by atoms with van der Waals surface area (Å²) in [6, 6.07) is 19.4. The molecule has 0 bridgehead atoms. The highest BCUT2D eigenvalue weighted by molar-refractivity contribution is 5.92. The molecule has 5 N–H and O–H groups in total. The minimum absolute atomic E-state index is 0.0856. The summed E-state index contributed by atoms with van der Waals surface area (Å²) in [6.45, 7) is 0.419. The molecule has 6 heteroatoms. The highest BCUT2D eigenvalue weighted by Gasteiger charge is 2.49. The molecule has 3 aromatic carbocycles. The van der Waals surface area contributed by atoms with E-state index < -0.39 is 5.60 Å². The number of rotatable bonds is 2. The van der Waals surface area contributed by atoms with Crippen LogP contribution in [0.5, 0.6) is 11.5 Å². The summed E-state index contributed by atoms with van der Waals surface area (Å²) >= 11 is 0. The molecule has 5 rings (SSSR count). The zero-order valence-corrected chi connectivity index (χ0v) is 15.1. The Kier molecular flexibility index (Phi) is 3.65. The third-order valence-electron chi connectivity index (χ3n) is 5.28. The first-order chi connectivity index (χ1) is 13.6.